The van der Waals surface area contributed by atoms with Crippen molar-refractivity contribution in [1.82, 2.24) is 10.0 Å². The molecule has 1 amide bonds. The van der Waals surface area contributed by atoms with Crippen molar-refractivity contribution in [1.29, 1.82) is 0 Å². The molecule has 1 aromatic carbocycles. The first-order valence-electron chi connectivity index (χ1n) is 6.68. The molecule has 0 saturated heterocycles. The van der Waals surface area contributed by atoms with Gasteiger partial charge < -0.3 is 5.32 Å². The summed E-state index contributed by atoms with van der Waals surface area (Å²) in [5, 5.41) is 3.28. The van der Waals surface area contributed by atoms with Crippen molar-refractivity contribution >= 4 is 27.7 Å². The van der Waals surface area contributed by atoms with Crippen LogP contribution in [0.1, 0.15) is 32.4 Å². The van der Waals surface area contributed by atoms with Crippen LogP contribution in [0.4, 0.5) is 0 Å². The molecule has 2 N–H and O–H groups in total. The summed E-state index contributed by atoms with van der Waals surface area (Å²) in [5.41, 5.74) is 0.982. The van der Waals surface area contributed by atoms with Gasteiger partial charge in [-0.2, -0.15) is 0 Å². The molecule has 21 heavy (non-hydrogen) atoms. The monoisotopic (exact) mass is 330 g/mol. The Labute approximate surface area is 130 Å². The maximum atomic E-state index is 11.6. The lowest BCUT2D eigenvalue weighted by Gasteiger charge is -2.15. The van der Waals surface area contributed by atoms with Crippen LogP contribution in [-0.2, 0) is 14.8 Å². The van der Waals surface area contributed by atoms with Gasteiger partial charge in [-0.1, -0.05) is 26.0 Å². The zero-order chi connectivity index (χ0) is 16.0. The number of hydrogen-bond acceptors (Lipinski definition) is 4. The molecule has 0 heterocycles. The SMILES string of the molecule is CC(C)Sc1ccc([C@H](C)NC(=O)CNS(C)(=O)=O)cc1. The third-order valence-electron chi connectivity index (χ3n) is 2.62. The van der Waals surface area contributed by atoms with E-state index in [1.54, 1.807) is 11.8 Å². The molecule has 118 valence electrons. The number of hydrogen-bond donors (Lipinski definition) is 2. The maximum absolute atomic E-state index is 11.6. The van der Waals surface area contributed by atoms with E-state index in [9.17, 15) is 13.2 Å². The summed E-state index contributed by atoms with van der Waals surface area (Å²) in [4.78, 5) is 12.8. The van der Waals surface area contributed by atoms with Crippen LogP contribution < -0.4 is 10.0 Å². The highest BCUT2D eigenvalue weighted by Gasteiger charge is 2.11. The van der Waals surface area contributed by atoms with E-state index in [-0.39, 0.29) is 18.5 Å². The molecule has 7 heteroatoms. The average Bonchev–Trinajstić information content (AvgIpc) is 2.35. The normalized spacial score (nSPS) is 13.2. The second kappa shape index (κ2) is 7.82. The minimum Gasteiger partial charge on any atom is -0.348 e. The second-order valence-electron chi connectivity index (χ2n) is 5.12. The highest BCUT2D eigenvalue weighted by Crippen LogP contribution is 2.24. The molecule has 1 aromatic rings. The van der Waals surface area contributed by atoms with E-state index in [0.717, 1.165) is 11.8 Å². The summed E-state index contributed by atoms with van der Waals surface area (Å²) < 4.78 is 24.0. The van der Waals surface area contributed by atoms with Gasteiger partial charge in [-0.15, -0.1) is 11.8 Å². The Balaban J connectivity index is 2.55. The van der Waals surface area contributed by atoms with Crippen LogP contribution in [0.25, 0.3) is 0 Å². The number of nitrogens with one attached hydrogen (secondary N) is 2. The van der Waals surface area contributed by atoms with E-state index in [1.807, 2.05) is 31.2 Å². The van der Waals surface area contributed by atoms with Crippen molar-refractivity contribution in [3.8, 4) is 0 Å². The highest BCUT2D eigenvalue weighted by molar-refractivity contribution is 7.99. The van der Waals surface area contributed by atoms with Gasteiger partial charge >= 0.3 is 0 Å². The molecule has 0 radical (unpaired) electrons. The number of sulfonamides is 1. The maximum Gasteiger partial charge on any atom is 0.235 e. The molecule has 0 bridgehead atoms. The number of thioether (sulfide) groups is 1. The van der Waals surface area contributed by atoms with Gasteiger partial charge in [0.15, 0.2) is 0 Å². The molecule has 0 aliphatic carbocycles. The molecular weight excluding hydrogens is 308 g/mol. The third kappa shape index (κ3) is 7.50. The van der Waals surface area contributed by atoms with Crippen molar-refractivity contribution < 1.29 is 13.2 Å². The molecule has 0 spiro atoms. The van der Waals surface area contributed by atoms with Gasteiger partial charge in [-0.3, -0.25) is 4.79 Å². The fourth-order valence-electron chi connectivity index (χ4n) is 1.68. The Morgan fingerprint density at radius 1 is 1.19 bits per heavy atom. The van der Waals surface area contributed by atoms with E-state index in [0.29, 0.717) is 5.25 Å². The Bertz CT molecular complexity index is 568. The first-order valence-corrected chi connectivity index (χ1v) is 9.45. The molecule has 0 saturated carbocycles. The minimum atomic E-state index is -3.35. The van der Waals surface area contributed by atoms with Crippen LogP contribution >= 0.6 is 11.8 Å². The summed E-state index contributed by atoms with van der Waals surface area (Å²) in [6, 6.07) is 7.82. The zero-order valence-electron chi connectivity index (χ0n) is 12.7. The van der Waals surface area contributed by atoms with Crippen LogP contribution in [0.2, 0.25) is 0 Å². The van der Waals surface area contributed by atoms with Crippen molar-refractivity contribution in [2.45, 2.75) is 37.0 Å². The van der Waals surface area contributed by atoms with E-state index in [1.165, 1.54) is 4.90 Å². The van der Waals surface area contributed by atoms with Gasteiger partial charge in [0.05, 0.1) is 18.8 Å². The standard InChI is InChI=1S/C14H22N2O3S2/c1-10(2)20-13-7-5-12(6-8-13)11(3)16-14(17)9-15-21(4,18)19/h5-8,10-11,15H,9H2,1-4H3,(H,16,17)/t11-/m0/s1. The van der Waals surface area contributed by atoms with Gasteiger partial charge in [0.1, 0.15) is 0 Å². The lowest BCUT2D eigenvalue weighted by atomic mass is 10.1. The van der Waals surface area contributed by atoms with Gasteiger partial charge in [-0.05, 0) is 24.6 Å². The first-order chi connectivity index (χ1) is 9.67. The molecule has 1 rings (SSSR count). The van der Waals surface area contributed by atoms with Crippen LogP contribution in [0.5, 0.6) is 0 Å². The summed E-state index contributed by atoms with van der Waals surface area (Å²) in [6.07, 6.45) is 1.02. The van der Waals surface area contributed by atoms with Crippen molar-refractivity contribution in [3.63, 3.8) is 0 Å². The molecule has 1 atom stereocenters. The van der Waals surface area contributed by atoms with Gasteiger partial charge in [0.25, 0.3) is 0 Å². The molecule has 0 aromatic heterocycles. The van der Waals surface area contributed by atoms with Crippen molar-refractivity contribution in [3.05, 3.63) is 29.8 Å². The minimum absolute atomic E-state index is 0.169. The molecule has 0 unspecified atom stereocenters. The van der Waals surface area contributed by atoms with Gasteiger partial charge in [0.2, 0.25) is 15.9 Å². The van der Waals surface area contributed by atoms with Gasteiger partial charge in [-0.25, -0.2) is 13.1 Å². The van der Waals surface area contributed by atoms with Crippen LogP contribution in [0, 0.1) is 0 Å². The van der Waals surface area contributed by atoms with Crippen LogP contribution in [-0.4, -0.2) is 32.4 Å². The van der Waals surface area contributed by atoms with Gasteiger partial charge in [0, 0.05) is 10.1 Å². The third-order valence-corrected chi connectivity index (χ3v) is 4.31. The molecule has 0 fully saturated rings. The Hall–Kier alpha value is -1.05. The summed E-state index contributed by atoms with van der Waals surface area (Å²) in [6.45, 7) is 5.89. The van der Waals surface area contributed by atoms with E-state index in [4.69, 9.17) is 0 Å². The van der Waals surface area contributed by atoms with E-state index in [2.05, 4.69) is 23.9 Å². The summed E-state index contributed by atoms with van der Waals surface area (Å²) in [7, 11) is -3.35. The Kier molecular flexibility index (Phi) is 6.70. The quantitative estimate of drug-likeness (QED) is 0.749. The first kappa shape index (κ1) is 18.0. The molecule has 0 aliphatic rings. The number of carbonyl (C=O) groups excluding carboxylic acids is 1. The molecule has 0 aliphatic heterocycles. The Morgan fingerprint density at radius 3 is 2.24 bits per heavy atom. The lowest BCUT2D eigenvalue weighted by Crippen LogP contribution is -2.37. The Morgan fingerprint density at radius 2 is 1.76 bits per heavy atom. The zero-order valence-corrected chi connectivity index (χ0v) is 14.3. The highest BCUT2D eigenvalue weighted by atomic mass is 32.2. The fraction of sp³-hybridized carbons (Fsp3) is 0.500. The second-order valence-corrected chi connectivity index (χ2v) is 8.60. The lowest BCUT2D eigenvalue weighted by molar-refractivity contribution is -0.120. The average molecular weight is 330 g/mol. The summed E-state index contributed by atoms with van der Waals surface area (Å²) in [5.74, 6) is -0.353. The number of benzene rings is 1. The predicted molar refractivity (Wildman–Crippen MR) is 86.8 cm³/mol. The van der Waals surface area contributed by atoms with E-state index < -0.39 is 10.0 Å². The fourth-order valence-corrected chi connectivity index (χ4v) is 2.91. The number of rotatable bonds is 7. The number of amides is 1. The van der Waals surface area contributed by atoms with Crippen molar-refractivity contribution in [2.75, 3.05) is 12.8 Å². The molecule has 5 nitrogen and oxygen atoms in total. The topological polar surface area (TPSA) is 75.3 Å². The smallest absolute Gasteiger partial charge is 0.235 e. The van der Waals surface area contributed by atoms with Crippen molar-refractivity contribution in [2.24, 2.45) is 0 Å². The summed E-state index contributed by atoms with van der Waals surface area (Å²) >= 11 is 1.78. The molecular formula is C14H22N2O3S2. The number of carbonyl (C=O) groups is 1. The van der Waals surface area contributed by atoms with Crippen LogP contribution in [0.3, 0.4) is 0 Å². The largest absolute Gasteiger partial charge is 0.348 e. The van der Waals surface area contributed by atoms with Crippen LogP contribution in [0.15, 0.2) is 29.2 Å². The predicted octanol–water partition coefficient (Wildman–Crippen LogP) is 1.91. The van der Waals surface area contributed by atoms with E-state index >= 15 is 0 Å².